The number of halogens is 4. The average molecular weight is 587 g/mol. The zero-order valence-electron chi connectivity index (χ0n) is 23.1. The molecule has 1 amide bonds. The highest BCUT2D eigenvalue weighted by Gasteiger charge is 2.36. The molecule has 1 aliphatic rings. The lowest BCUT2D eigenvalue weighted by molar-refractivity contribution is -0.0495. The number of amides is 1. The fraction of sp³-hybridized carbons (Fsp3) is 0.379. The maximum atomic E-state index is 15.7. The number of nitrogens with two attached hydrogens (primary N) is 1. The van der Waals surface area contributed by atoms with Crippen molar-refractivity contribution in [1.82, 2.24) is 24.3 Å². The molecule has 5 rings (SSSR count). The molecule has 1 aromatic carbocycles. The van der Waals surface area contributed by atoms with E-state index in [-0.39, 0.29) is 41.2 Å². The van der Waals surface area contributed by atoms with Crippen LogP contribution in [0.3, 0.4) is 0 Å². The van der Waals surface area contributed by atoms with Crippen molar-refractivity contribution in [3.63, 3.8) is 0 Å². The van der Waals surface area contributed by atoms with E-state index in [4.69, 9.17) is 27.1 Å². The first-order chi connectivity index (χ1) is 19.4. The first-order valence-electron chi connectivity index (χ1n) is 13.3. The summed E-state index contributed by atoms with van der Waals surface area (Å²) in [6, 6.07) is 4.53. The van der Waals surface area contributed by atoms with Crippen LogP contribution in [0.15, 0.2) is 36.8 Å². The standard InChI is InChI=1S/C29H30ClF3N6O2/c1-15(2)41-25-19(16(3)27-37-17(4)24-26(34)35-9-12-39(24)27)13-20(30)23(31)22(25)18-5-6-21(36-14-18)28(40)38-10-7-29(32,33)8-11-38/h5-6,9,12-16H,7-8,10-11H2,1-4H3,(H2,34,35)/t16-/m0/s1. The number of nitrogen functional groups attached to an aromatic ring is 1. The van der Waals surface area contributed by atoms with E-state index in [0.717, 1.165) is 0 Å². The molecular formula is C29H30ClF3N6O2. The van der Waals surface area contributed by atoms with E-state index in [2.05, 4.69) is 9.97 Å². The maximum absolute atomic E-state index is 15.7. The van der Waals surface area contributed by atoms with Gasteiger partial charge in [-0.2, -0.15) is 0 Å². The highest BCUT2D eigenvalue weighted by molar-refractivity contribution is 6.31. The molecule has 0 spiro atoms. The smallest absolute Gasteiger partial charge is 0.272 e. The zero-order valence-corrected chi connectivity index (χ0v) is 23.8. The number of likely N-dealkylation sites (tertiary alicyclic amines) is 1. The molecule has 1 aliphatic heterocycles. The lowest BCUT2D eigenvalue weighted by Gasteiger charge is -2.31. The van der Waals surface area contributed by atoms with E-state index in [0.29, 0.717) is 34.0 Å². The van der Waals surface area contributed by atoms with Crippen molar-refractivity contribution < 1.29 is 22.7 Å². The highest BCUT2D eigenvalue weighted by atomic mass is 35.5. The lowest BCUT2D eigenvalue weighted by Crippen LogP contribution is -2.42. The summed E-state index contributed by atoms with van der Waals surface area (Å²) in [4.78, 5) is 27.4. The number of aryl methyl sites for hydroxylation is 1. The first-order valence-corrected chi connectivity index (χ1v) is 13.7. The van der Waals surface area contributed by atoms with Crippen LogP contribution in [0, 0.1) is 12.7 Å². The summed E-state index contributed by atoms with van der Waals surface area (Å²) in [6.07, 6.45) is 3.60. The fourth-order valence-corrected chi connectivity index (χ4v) is 5.36. The molecule has 1 fully saturated rings. The van der Waals surface area contributed by atoms with Crippen molar-refractivity contribution in [2.75, 3.05) is 18.8 Å². The van der Waals surface area contributed by atoms with Gasteiger partial charge in [-0.15, -0.1) is 0 Å². The van der Waals surface area contributed by atoms with Gasteiger partial charge in [0.1, 0.15) is 28.6 Å². The summed E-state index contributed by atoms with van der Waals surface area (Å²) in [5.74, 6) is -3.09. The van der Waals surface area contributed by atoms with E-state index < -0.39 is 36.4 Å². The number of fused-ring (bicyclic) bond motifs is 1. The SMILES string of the molecule is Cc1nc([C@@H](C)c2cc(Cl)c(F)c(-c3ccc(C(=O)N4CCC(F)(F)CC4)nc3)c2OC(C)C)n2ccnc(N)c12. The number of carbonyl (C=O) groups is 1. The van der Waals surface area contributed by atoms with Crippen LogP contribution in [0.25, 0.3) is 16.6 Å². The molecular weight excluding hydrogens is 557 g/mol. The maximum Gasteiger partial charge on any atom is 0.272 e. The van der Waals surface area contributed by atoms with E-state index in [1.807, 2.05) is 32.1 Å². The molecule has 1 atom stereocenters. The number of anilines is 1. The lowest BCUT2D eigenvalue weighted by atomic mass is 9.93. The van der Waals surface area contributed by atoms with Crippen molar-refractivity contribution in [1.29, 1.82) is 0 Å². The van der Waals surface area contributed by atoms with Crippen LogP contribution in [-0.4, -0.2) is 55.3 Å². The number of carbonyl (C=O) groups excluding carboxylic acids is 1. The second-order valence-corrected chi connectivity index (χ2v) is 10.9. The average Bonchev–Trinajstić information content (AvgIpc) is 3.27. The molecule has 0 radical (unpaired) electrons. The molecule has 41 heavy (non-hydrogen) atoms. The number of hydrogen-bond acceptors (Lipinski definition) is 6. The Labute approximate surface area is 240 Å². The van der Waals surface area contributed by atoms with Gasteiger partial charge in [0.2, 0.25) is 0 Å². The molecule has 0 aliphatic carbocycles. The molecule has 2 N–H and O–H groups in total. The van der Waals surface area contributed by atoms with Gasteiger partial charge in [-0.05, 0) is 32.9 Å². The van der Waals surface area contributed by atoms with E-state index in [1.54, 1.807) is 18.5 Å². The van der Waals surface area contributed by atoms with Gasteiger partial charge in [0.15, 0.2) is 5.82 Å². The number of piperidine rings is 1. The fourth-order valence-electron chi connectivity index (χ4n) is 5.15. The van der Waals surface area contributed by atoms with Gasteiger partial charge in [0.25, 0.3) is 11.8 Å². The summed E-state index contributed by atoms with van der Waals surface area (Å²) in [5, 5.41) is -0.119. The van der Waals surface area contributed by atoms with Crippen LogP contribution in [0.5, 0.6) is 5.75 Å². The molecule has 3 aromatic heterocycles. The Kier molecular flexibility index (Phi) is 7.58. The third-order valence-corrected chi connectivity index (χ3v) is 7.52. The second kappa shape index (κ2) is 10.8. The van der Waals surface area contributed by atoms with E-state index in [1.165, 1.54) is 23.2 Å². The van der Waals surface area contributed by atoms with Crippen LogP contribution in [0.2, 0.25) is 5.02 Å². The van der Waals surface area contributed by atoms with Crippen molar-refractivity contribution in [3.05, 3.63) is 70.4 Å². The number of aromatic nitrogens is 4. The Bertz CT molecular complexity index is 1610. The Morgan fingerprint density at radius 2 is 1.88 bits per heavy atom. The van der Waals surface area contributed by atoms with Gasteiger partial charge >= 0.3 is 0 Å². The number of pyridine rings is 1. The number of rotatable bonds is 6. The van der Waals surface area contributed by atoms with Crippen LogP contribution in [-0.2, 0) is 0 Å². The number of hydrogen-bond donors (Lipinski definition) is 1. The Morgan fingerprint density at radius 3 is 2.51 bits per heavy atom. The molecule has 12 heteroatoms. The molecule has 0 bridgehead atoms. The molecule has 4 heterocycles. The van der Waals surface area contributed by atoms with Crippen LogP contribution in [0.4, 0.5) is 19.0 Å². The van der Waals surface area contributed by atoms with Gasteiger partial charge in [-0.25, -0.2) is 23.1 Å². The normalized spacial score (nSPS) is 15.9. The third-order valence-electron chi connectivity index (χ3n) is 7.25. The van der Waals surface area contributed by atoms with Crippen molar-refractivity contribution in [2.24, 2.45) is 0 Å². The van der Waals surface area contributed by atoms with Crippen LogP contribution >= 0.6 is 11.6 Å². The summed E-state index contributed by atoms with van der Waals surface area (Å²) >= 11 is 6.43. The molecule has 216 valence electrons. The monoisotopic (exact) mass is 586 g/mol. The summed E-state index contributed by atoms with van der Waals surface area (Å²) < 4.78 is 50.9. The van der Waals surface area contributed by atoms with Gasteiger partial charge < -0.3 is 15.4 Å². The van der Waals surface area contributed by atoms with Crippen molar-refractivity contribution in [3.8, 4) is 16.9 Å². The summed E-state index contributed by atoms with van der Waals surface area (Å²) in [6.45, 7) is 7.28. The molecule has 8 nitrogen and oxygen atoms in total. The third kappa shape index (κ3) is 5.42. The van der Waals surface area contributed by atoms with E-state index in [9.17, 15) is 13.6 Å². The largest absolute Gasteiger partial charge is 0.490 e. The number of nitrogens with zero attached hydrogens (tertiary/aromatic N) is 5. The molecule has 4 aromatic rings. The summed E-state index contributed by atoms with van der Waals surface area (Å²) in [7, 11) is 0. The minimum Gasteiger partial charge on any atom is -0.490 e. The quantitative estimate of drug-likeness (QED) is 0.285. The number of benzene rings is 1. The Morgan fingerprint density at radius 1 is 1.17 bits per heavy atom. The highest BCUT2D eigenvalue weighted by Crippen LogP contribution is 2.44. The molecule has 0 saturated carbocycles. The predicted molar refractivity (Wildman–Crippen MR) is 150 cm³/mol. The van der Waals surface area contributed by atoms with Gasteiger partial charge in [0.05, 0.1) is 22.4 Å². The molecule has 0 unspecified atom stereocenters. The second-order valence-electron chi connectivity index (χ2n) is 10.5. The summed E-state index contributed by atoms with van der Waals surface area (Å²) in [5.41, 5.74) is 8.58. The van der Waals surface area contributed by atoms with Crippen molar-refractivity contribution in [2.45, 2.75) is 58.5 Å². The van der Waals surface area contributed by atoms with Gasteiger partial charge in [-0.1, -0.05) is 24.6 Å². The number of ether oxygens (including phenoxy) is 1. The first kappa shape index (κ1) is 28.7. The molecule has 1 saturated heterocycles. The minimum atomic E-state index is -2.77. The Hall–Kier alpha value is -3.86. The number of imidazole rings is 1. The van der Waals surface area contributed by atoms with E-state index >= 15 is 4.39 Å². The topological polar surface area (TPSA) is 98.6 Å². The van der Waals surface area contributed by atoms with Crippen molar-refractivity contribution >= 4 is 28.8 Å². The van der Waals surface area contributed by atoms with Crippen LogP contribution in [0.1, 0.15) is 67.1 Å². The van der Waals surface area contributed by atoms with Gasteiger partial charge in [-0.3, -0.25) is 14.2 Å². The Balaban J connectivity index is 1.57. The minimum absolute atomic E-state index is 0.0601. The number of alkyl halides is 2. The zero-order chi connectivity index (χ0) is 29.6. The van der Waals surface area contributed by atoms with Gasteiger partial charge in [0, 0.05) is 61.6 Å². The predicted octanol–water partition coefficient (Wildman–Crippen LogP) is 6.28. The van der Waals surface area contributed by atoms with Crippen LogP contribution < -0.4 is 10.5 Å².